The second-order valence-electron chi connectivity index (χ2n) is 16.7. The molecule has 6 N–H and O–H groups in total. The van der Waals surface area contributed by atoms with Crippen LogP contribution < -0.4 is 9.47 Å². The molecule has 0 unspecified atom stereocenters. The average Bonchev–Trinajstić information content (AvgIpc) is 2.35. The van der Waals surface area contributed by atoms with Gasteiger partial charge >= 0.3 is 10.6 Å². The maximum absolute atomic E-state index is 12.5. The number of ether oxygens (including phenoxy) is 2. The van der Waals surface area contributed by atoms with E-state index >= 15 is 0 Å². The second-order valence-corrected chi connectivity index (χ2v) is 25.1. The summed E-state index contributed by atoms with van der Waals surface area (Å²) in [7, 11) is -20.3. The molecule has 0 aliphatic heterocycles. The number of aromatic nitrogens is 3. The first-order valence-electron chi connectivity index (χ1n) is 22.6. The Morgan fingerprint density at radius 3 is 2.05 bits per heavy atom. The first-order chi connectivity index (χ1) is 38.0. The molecular formula is C45H40N10O19S7. The highest BCUT2D eigenvalue weighted by Gasteiger charge is 2.28. The zero-order valence-corrected chi connectivity index (χ0v) is 47.3. The summed E-state index contributed by atoms with van der Waals surface area (Å²) in [5.74, 6) is -2.09. The van der Waals surface area contributed by atoms with E-state index in [1.165, 1.54) is 56.5 Å². The minimum absolute atomic E-state index is 0.00397. The van der Waals surface area contributed by atoms with E-state index < -0.39 is 84.9 Å². The molecule has 0 amide bonds. The number of azo groups is 3. The molecule has 81 heavy (non-hydrogen) atoms. The normalized spacial score (nSPS) is 12.5. The van der Waals surface area contributed by atoms with E-state index in [9.17, 15) is 67.4 Å². The molecule has 0 saturated heterocycles. The number of methoxy groups -OCH3 is 1. The summed E-state index contributed by atoms with van der Waals surface area (Å²) >= 11 is 2.09. The summed E-state index contributed by atoms with van der Waals surface area (Å²) in [6.45, 7) is 2.11. The van der Waals surface area contributed by atoms with E-state index in [1.54, 1.807) is 31.2 Å². The summed E-state index contributed by atoms with van der Waals surface area (Å²) in [6.07, 6.45) is -0.201. The van der Waals surface area contributed by atoms with Gasteiger partial charge in [-0.1, -0.05) is 35.6 Å². The van der Waals surface area contributed by atoms with Gasteiger partial charge in [-0.3, -0.25) is 22.6 Å². The largest absolute Gasteiger partial charge is 0.495 e. The Hall–Kier alpha value is -7.54. The van der Waals surface area contributed by atoms with Crippen LogP contribution in [0.1, 0.15) is 35.1 Å². The number of aryl methyl sites for hydroxylation is 1. The number of thioether (sulfide) groups is 1. The van der Waals surface area contributed by atoms with Gasteiger partial charge < -0.3 is 19.7 Å². The van der Waals surface area contributed by atoms with Gasteiger partial charge in [0.15, 0.2) is 16.2 Å². The lowest BCUT2D eigenvalue weighted by atomic mass is 10.1. The zero-order chi connectivity index (χ0) is 59.4. The average molecular weight is 1250 g/mol. The van der Waals surface area contributed by atoms with Crippen molar-refractivity contribution in [1.82, 2.24) is 14.4 Å². The van der Waals surface area contributed by atoms with Crippen LogP contribution in [-0.4, -0.2) is 120 Å². The van der Waals surface area contributed by atoms with Crippen molar-refractivity contribution in [1.29, 1.82) is 5.26 Å². The summed E-state index contributed by atoms with van der Waals surface area (Å²) in [6, 6.07) is 18.4. The van der Waals surface area contributed by atoms with Crippen molar-refractivity contribution in [2.24, 2.45) is 30.7 Å². The lowest BCUT2D eigenvalue weighted by Gasteiger charge is -2.12. The molecule has 5 aromatic carbocycles. The first kappa shape index (κ1) is 61.1. The van der Waals surface area contributed by atoms with Gasteiger partial charge in [-0.2, -0.15) is 44.0 Å². The minimum atomic E-state index is -4.96. The fourth-order valence-electron chi connectivity index (χ4n) is 7.78. The van der Waals surface area contributed by atoms with Crippen molar-refractivity contribution in [3.8, 4) is 23.4 Å². The van der Waals surface area contributed by atoms with Crippen molar-refractivity contribution in [2.45, 2.75) is 48.0 Å². The number of aromatic hydroxyl groups is 1. The Labute approximate surface area is 468 Å². The predicted molar refractivity (Wildman–Crippen MR) is 291 cm³/mol. The number of aliphatic hydroxyl groups excluding tert-OH is 1. The van der Waals surface area contributed by atoms with Crippen molar-refractivity contribution in [3.63, 3.8) is 0 Å². The third-order valence-corrected chi connectivity index (χ3v) is 16.8. The van der Waals surface area contributed by atoms with Crippen molar-refractivity contribution in [3.05, 3.63) is 89.0 Å². The molecule has 8 aromatic rings. The predicted octanol–water partition coefficient (Wildman–Crippen LogP) is 8.71. The van der Waals surface area contributed by atoms with Crippen LogP contribution in [0.15, 0.2) is 112 Å². The van der Waals surface area contributed by atoms with Crippen LogP contribution in [0.25, 0.3) is 37.7 Å². The molecule has 3 aromatic heterocycles. The molecule has 36 heteroatoms. The zero-order valence-electron chi connectivity index (χ0n) is 41.6. The summed E-state index contributed by atoms with van der Waals surface area (Å²) in [5, 5.41) is 59.6. The van der Waals surface area contributed by atoms with Gasteiger partial charge in [0, 0.05) is 27.5 Å². The lowest BCUT2D eigenvalue weighted by molar-refractivity contribution is 0.282. The highest BCUT2D eigenvalue weighted by molar-refractivity contribution is 7.99. The maximum Gasteiger partial charge on any atom is 0.425 e. The highest BCUT2D eigenvalue weighted by atomic mass is 32.2. The van der Waals surface area contributed by atoms with Crippen LogP contribution in [0.5, 0.6) is 17.4 Å². The van der Waals surface area contributed by atoms with Crippen LogP contribution >= 0.6 is 23.1 Å². The van der Waals surface area contributed by atoms with Crippen LogP contribution in [0.4, 0.5) is 33.6 Å². The monoisotopic (exact) mass is 1250 g/mol. The summed E-state index contributed by atoms with van der Waals surface area (Å²) in [4.78, 5) is 7.81. The Balaban J connectivity index is 0.00000229. The SMILES string of the molecule is COc1ccc2c(nc3c(C#N)c(C)c(N=Nc4cc(C)c(N=Nc5cc(CO)c(N=Nc6nc7c(S(=O)(=O)O)cc8ccccc8c7s6)cc5SCCCS(=O)(=O)O)cc4OCCCS(=O)(=O)O)c(O)n32)c1S(=O)(=O)O.O=S(=O)=O. The number of thiazole rings is 1. The Kier molecular flexibility index (Phi) is 18.6. The molecule has 3 heterocycles. The molecule has 0 saturated carbocycles. The highest BCUT2D eigenvalue weighted by Crippen LogP contribution is 2.45. The number of pyridine rings is 1. The Morgan fingerprint density at radius 1 is 0.753 bits per heavy atom. The number of fused-ring (bicyclic) bond motifs is 6. The van der Waals surface area contributed by atoms with Crippen LogP contribution in [0.2, 0.25) is 0 Å². The third kappa shape index (κ3) is 14.5. The number of aliphatic hydroxyl groups is 1. The van der Waals surface area contributed by atoms with Crippen LogP contribution in [0.3, 0.4) is 0 Å². The van der Waals surface area contributed by atoms with E-state index in [0.717, 1.165) is 27.5 Å². The topological polar surface area (TPSA) is 456 Å². The number of rotatable bonds is 20. The summed E-state index contributed by atoms with van der Waals surface area (Å²) in [5.41, 5.74) is -0.103. The molecule has 0 aliphatic rings. The molecule has 426 valence electrons. The number of hydrogen-bond donors (Lipinski definition) is 6. The molecule has 0 spiro atoms. The van der Waals surface area contributed by atoms with Gasteiger partial charge in [-0.05, 0) is 79.8 Å². The Morgan fingerprint density at radius 2 is 1.41 bits per heavy atom. The van der Waals surface area contributed by atoms with E-state index in [4.69, 9.17) is 22.1 Å². The number of hydrogen-bond acceptors (Lipinski definition) is 26. The van der Waals surface area contributed by atoms with E-state index in [-0.39, 0.29) is 109 Å². The van der Waals surface area contributed by atoms with E-state index in [1.807, 2.05) is 6.07 Å². The number of benzene rings is 5. The number of nitrogens with zero attached hydrogens (tertiary/aromatic N) is 10. The van der Waals surface area contributed by atoms with Crippen molar-refractivity contribution >= 4 is 145 Å². The molecule has 29 nitrogen and oxygen atoms in total. The van der Waals surface area contributed by atoms with Gasteiger partial charge in [0.2, 0.25) is 11.0 Å². The first-order valence-corrected chi connectivity index (χ1v) is 31.5. The molecule has 0 fully saturated rings. The van der Waals surface area contributed by atoms with Crippen LogP contribution in [-0.2, 0) is 57.7 Å². The van der Waals surface area contributed by atoms with Gasteiger partial charge in [-0.15, -0.1) is 50.0 Å². The lowest BCUT2D eigenvalue weighted by Crippen LogP contribution is -2.08. The summed E-state index contributed by atoms with van der Waals surface area (Å²) < 4.78 is 173. The molecular weight excluding hydrogens is 1210 g/mol. The molecule has 0 aliphatic carbocycles. The van der Waals surface area contributed by atoms with Gasteiger partial charge in [0.25, 0.3) is 40.5 Å². The van der Waals surface area contributed by atoms with Gasteiger partial charge in [-0.25, -0.2) is 9.97 Å². The van der Waals surface area contributed by atoms with Crippen molar-refractivity contribution in [2.75, 3.05) is 31.0 Å². The smallest absolute Gasteiger partial charge is 0.425 e. The molecule has 8 rings (SSSR count). The van der Waals surface area contributed by atoms with Crippen molar-refractivity contribution < 1.29 is 84.2 Å². The fourth-order valence-corrected chi connectivity index (χ4v) is 12.4. The molecule has 0 atom stereocenters. The van der Waals surface area contributed by atoms with E-state index in [0.29, 0.717) is 25.9 Å². The quantitative estimate of drug-likeness (QED) is 0.0180. The number of nitriles is 1. The fraction of sp³-hybridized carbons (Fsp3) is 0.222. The Bertz CT molecular complexity index is 4580. The second kappa shape index (κ2) is 24.7. The number of imidazole rings is 1. The van der Waals surface area contributed by atoms with E-state index in [2.05, 4.69) is 40.7 Å². The molecule has 0 radical (unpaired) electrons. The van der Waals surface area contributed by atoms with Gasteiger partial charge in [0.1, 0.15) is 44.7 Å². The minimum Gasteiger partial charge on any atom is -0.495 e. The molecule has 0 bridgehead atoms. The van der Waals surface area contributed by atoms with Crippen LogP contribution in [0, 0.1) is 25.2 Å². The maximum atomic E-state index is 12.5. The third-order valence-electron chi connectivity index (χ3n) is 11.3. The standard InChI is InChI=1S/C45H40N10O16S6.O3S/c1-23-16-31(51-53-38-24(2)28(21-46)43-47-39-33(55(43)44(38)57)10-11-34(70-3)42(39)77(67,68)69)35(71-12-6-14-74(58,59)60)19-29(23)49-52-32-17-26(22-56)30(20-36(32)72-13-7-15-75(61,62)63)50-54-45-48-40-37(76(64,65)66)18-25-8-4-5-9-27(25)41(40)73-45;1-4(2)3/h4-5,8-11,16-20,56-57H,6-7,12-15,22H2,1-3H3,(H,58,59,60)(H,61,62,63)(H,64,65,66)(H,67,68,69);. The van der Waals surface area contributed by atoms with Gasteiger partial charge in [0.05, 0.1) is 59.1 Å².